The predicted octanol–water partition coefficient (Wildman–Crippen LogP) is 3.13. The first-order chi connectivity index (χ1) is 10.6. The summed E-state index contributed by atoms with van der Waals surface area (Å²) in [7, 11) is 0. The summed E-state index contributed by atoms with van der Waals surface area (Å²) >= 11 is 4.92. The first-order valence-electron chi connectivity index (χ1n) is 7.43. The van der Waals surface area contributed by atoms with Gasteiger partial charge in [-0.1, -0.05) is 48.6 Å². The van der Waals surface area contributed by atoms with Crippen molar-refractivity contribution in [3.8, 4) is 0 Å². The van der Waals surface area contributed by atoms with Crippen molar-refractivity contribution < 1.29 is 4.79 Å². The van der Waals surface area contributed by atoms with Gasteiger partial charge in [0.25, 0.3) is 5.91 Å². The van der Waals surface area contributed by atoms with Crippen molar-refractivity contribution in [2.75, 3.05) is 0 Å². The fourth-order valence-corrected chi connectivity index (χ4v) is 3.07. The summed E-state index contributed by atoms with van der Waals surface area (Å²) in [6.45, 7) is 0. The van der Waals surface area contributed by atoms with Crippen LogP contribution in [-0.2, 0) is 6.42 Å². The molecule has 0 saturated carbocycles. The fourth-order valence-electron chi connectivity index (χ4n) is 2.93. The molecule has 3 rings (SSSR count). The van der Waals surface area contributed by atoms with E-state index in [0.717, 1.165) is 24.8 Å². The summed E-state index contributed by atoms with van der Waals surface area (Å²) in [6.07, 6.45) is 3.17. The van der Waals surface area contributed by atoms with E-state index in [0.29, 0.717) is 10.6 Å². The molecule has 0 aliphatic heterocycles. The third-order valence-electron chi connectivity index (χ3n) is 4.11. The Morgan fingerprint density at radius 3 is 2.50 bits per heavy atom. The molecule has 2 aromatic carbocycles. The molecule has 3 nitrogen and oxygen atoms in total. The lowest BCUT2D eigenvalue weighted by atomic mass is 9.87. The molecular formula is C18H18N2OS. The molecule has 0 spiro atoms. The Morgan fingerprint density at radius 2 is 1.77 bits per heavy atom. The van der Waals surface area contributed by atoms with Crippen LogP contribution in [0.5, 0.6) is 0 Å². The molecule has 0 fully saturated rings. The van der Waals surface area contributed by atoms with Gasteiger partial charge in [-0.2, -0.15) is 0 Å². The van der Waals surface area contributed by atoms with Crippen LogP contribution in [0.15, 0.2) is 48.5 Å². The maximum absolute atomic E-state index is 12.4. The van der Waals surface area contributed by atoms with Gasteiger partial charge >= 0.3 is 0 Å². The second kappa shape index (κ2) is 6.28. The standard InChI is InChI=1S/C18H18N2OS/c19-17(22)13-8-10-14(11-9-13)18(21)20-16-7-3-5-12-4-1-2-6-15(12)16/h1-2,4,6,8-11,16H,3,5,7H2,(H2,19,22)(H,20,21). The van der Waals surface area contributed by atoms with E-state index < -0.39 is 0 Å². The molecule has 1 aliphatic rings. The number of rotatable bonds is 3. The molecule has 0 bridgehead atoms. The number of nitrogens with two attached hydrogens (primary N) is 1. The molecule has 22 heavy (non-hydrogen) atoms. The lowest BCUT2D eigenvalue weighted by Crippen LogP contribution is -2.31. The number of hydrogen-bond donors (Lipinski definition) is 2. The minimum Gasteiger partial charge on any atom is -0.389 e. The van der Waals surface area contributed by atoms with Crippen LogP contribution in [-0.4, -0.2) is 10.9 Å². The number of thiocarbonyl (C=S) groups is 1. The van der Waals surface area contributed by atoms with Crippen LogP contribution in [0.1, 0.15) is 45.9 Å². The average Bonchev–Trinajstić information content (AvgIpc) is 2.55. The SMILES string of the molecule is NC(=S)c1ccc(C(=O)NC2CCCc3ccccc32)cc1. The molecule has 1 amide bonds. The normalized spacial score (nSPS) is 16.6. The van der Waals surface area contributed by atoms with Crippen LogP contribution in [0.3, 0.4) is 0 Å². The van der Waals surface area contributed by atoms with E-state index in [4.69, 9.17) is 18.0 Å². The van der Waals surface area contributed by atoms with Crippen molar-refractivity contribution in [3.05, 3.63) is 70.8 Å². The molecule has 0 aromatic heterocycles. The summed E-state index contributed by atoms with van der Waals surface area (Å²) in [5.74, 6) is -0.0591. The Labute approximate surface area is 135 Å². The lowest BCUT2D eigenvalue weighted by molar-refractivity contribution is 0.0933. The zero-order valence-electron chi connectivity index (χ0n) is 12.2. The van der Waals surface area contributed by atoms with Crippen LogP contribution in [0, 0.1) is 0 Å². The van der Waals surface area contributed by atoms with Crippen molar-refractivity contribution in [3.63, 3.8) is 0 Å². The highest BCUT2D eigenvalue weighted by Gasteiger charge is 2.21. The monoisotopic (exact) mass is 310 g/mol. The van der Waals surface area contributed by atoms with Gasteiger partial charge in [-0.15, -0.1) is 0 Å². The molecule has 1 atom stereocenters. The van der Waals surface area contributed by atoms with Crippen LogP contribution in [0.25, 0.3) is 0 Å². The highest BCUT2D eigenvalue weighted by molar-refractivity contribution is 7.80. The van der Waals surface area contributed by atoms with E-state index in [2.05, 4.69) is 23.5 Å². The van der Waals surface area contributed by atoms with Gasteiger partial charge in [0.1, 0.15) is 4.99 Å². The van der Waals surface area contributed by atoms with E-state index in [1.165, 1.54) is 11.1 Å². The summed E-state index contributed by atoms with van der Waals surface area (Å²) in [5, 5.41) is 3.14. The smallest absolute Gasteiger partial charge is 0.251 e. The minimum atomic E-state index is -0.0591. The summed E-state index contributed by atoms with van der Waals surface area (Å²) < 4.78 is 0. The van der Waals surface area contributed by atoms with E-state index in [1.54, 1.807) is 24.3 Å². The topological polar surface area (TPSA) is 55.1 Å². The Morgan fingerprint density at radius 1 is 1.09 bits per heavy atom. The van der Waals surface area contributed by atoms with Gasteiger partial charge in [0.2, 0.25) is 0 Å². The van der Waals surface area contributed by atoms with Gasteiger partial charge < -0.3 is 11.1 Å². The second-order valence-corrected chi connectivity index (χ2v) is 6.00. The highest BCUT2D eigenvalue weighted by Crippen LogP contribution is 2.29. The zero-order chi connectivity index (χ0) is 15.5. The number of aryl methyl sites for hydroxylation is 1. The molecule has 0 saturated heterocycles. The molecule has 2 aromatic rings. The molecule has 112 valence electrons. The summed E-state index contributed by atoms with van der Waals surface area (Å²) in [6, 6.07) is 15.5. The number of nitrogens with one attached hydrogen (secondary N) is 1. The van der Waals surface area contributed by atoms with Gasteiger partial charge in [0, 0.05) is 11.1 Å². The third kappa shape index (κ3) is 3.02. The second-order valence-electron chi connectivity index (χ2n) is 5.56. The van der Waals surface area contributed by atoms with Crippen molar-refractivity contribution >= 4 is 23.1 Å². The fraction of sp³-hybridized carbons (Fsp3) is 0.222. The van der Waals surface area contributed by atoms with Gasteiger partial charge in [0.05, 0.1) is 6.04 Å². The lowest BCUT2D eigenvalue weighted by Gasteiger charge is -2.26. The summed E-state index contributed by atoms with van der Waals surface area (Å²) in [5.41, 5.74) is 9.55. The number of amides is 1. The quantitative estimate of drug-likeness (QED) is 0.856. The van der Waals surface area contributed by atoms with Crippen molar-refractivity contribution in [2.24, 2.45) is 5.73 Å². The number of carbonyl (C=O) groups excluding carboxylic acids is 1. The van der Waals surface area contributed by atoms with Gasteiger partial charge in [-0.3, -0.25) is 4.79 Å². The predicted molar refractivity (Wildman–Crippen MR) is 91.9 cm³/mol. The summed E-state index contributed by atoms with van der Waals surface area (Å²) in [4.78, 5) is 12.8. The molecule has 1 unspecified atom stereocenters. The Bertz CT molecular complexity index is 709. The number of carbonyl (C=O) groups is 1. The van der Waals surface area contributed by atoms with E-state index in [9.17, 15) is 4.79 Å². The maximum atomic E-state index is 12.4. The van der Waals surface area contributed by atoms with Crippen molar-refractivity contribution in [1.29, 1.82) is 0 Å². The number of fused-ring (bicyclic) bond motifs is 1. The molecule has 4 heteroatoms. The van der Waals surface area contributed by atoms with E-state index >= 15 is 0 Å². The highest BCUT2D eigenvalue weighted by atomic mass is 32.1. The van der Waals surface area contributed by atoms with Gasteiger partial charge in [-0.05, 0) is 42.5 Å². The molecule has 0 radical (unpaired) electrons. The molecule has 0 heterocycles. The largest absolute Gasteiger partial charge is 0.389 e. The van der Waals surface area contributed by atoms with Crippen LogP contribution >= 0.6 is 12.2 Å². The van der Waals surface area contributed by atoms with E-state index in [-0.39, 0.29) is 11.9 Å². The van der Waals surface area contributed by atoms with Crippen LogP contribution in [0.2, 0.25) is 0 Å². The average molecular weight is 310 g/mol. The number of benzene rings is 2. The molecule has 1 aliphatic carbocycles. The first kappa shape index (κ1) is 14.7. The maximum Gasteiger partial charge on any atom is 0.251 e. The number of hydrogen-bond acceptors (Lipinski definition) is 2. The molecular weight excluding hydrogens is 292 g/mol. The zero-order valence-corrected chi connectivity index (χ0v) is 13.0. The van der Waals surface area contributed by atoms with Crippen molar-refractivity contribution in [1.82, 2.24) is 5.32 Å². The van der Waals surface area contributed by atoms with Crippen LogP contribution in [0.4, 0.5) is 0 Å². The molecule has 3 N–H and O–H groups in total. The van der Waals surface area contributed by atoms with Crippen molar-refractivity contribution in [2.45, 2.75) is 25.3 Å². The Kier molecular flexibility index (Phi) is 4.20. The van der Waals surface area contributed by atoms with Gasteiger partial charge in [-0.25, -0.2) is 0 Å². The van der Waals surface area contributed by atoms with Gasteiger partial charge in [0.15, 0.2) is 0 Å². The Hall–Kier alpha value is -2.20. The van der Waals surface area contributed by atoms with E-state index in [1.807, 2.05) is 6.07 Å². The Balaban J connectivity index is 1.76. The third-order valence-corrected chi connectivity index (χ3v) is 4.34. The minimum absolute atomic E-state index is 0.0591. The first-order valence-corrected chi connectivity index (χ1v) is 7.84. The van der Waals surface area contributed by atoms with Crippen LogP contribution < -0.4 is 11.1 Å².